The van der Waals surface area contributed by atoms with E-state index in [-0.39, 0.29) is 74.2 Å². The van der Waals surface area contributed by atoms with Crippen LogP contribution < -0.4 is 0 Å². The molecule has 0 bridgehead atoms. The van der Waals surface area contributed by atoms with E-state index in [0.717, 1.165) is 11.5 Å². The van der Waals surface area contributed by atoms with Gasteiger partial charge < -0.3 is 37.6 Å². The van der Waals surface area contributed by atoms with E-state index in [9.17, 15) is 0 Å². The summed E-state index contributed by atoms with van der Waals surface area (Å²) in [4.78, 5) is 14.5. The second-order valence-electron chi connectivity index (χ2n) is 4.14. The Bertz CT molecular complexity index is 590. The van der Waals surface area contributed by atoms with E-state index in [0.29, 0.717) is 11.8 Å². The van der Waals surface area contributed by atoms with Crippen molar-refractivity contribution in [1.82, 2.24) is 19.9 Å². The average molecular weight is 532 g/mol. The molecule has 8 nitrogen and oxygen atoms in total. The third-order valence-electron chi connectivity index (χ3n) is 2.02. The summed E-state index contributed by atoms with van der Waals surface area (Å²) in [5.74, 6) is 2.13. The molecule has 0 atom stereocenters. The molecule has 4 heterocycles. The summed E-state index contributed by atoms with van der Waals surface area (Å²) in [5, 5.41) is 0. The van der Waals surface area contributed by atoms with E-state index in [1.165, 1.54) is 12.5 Å². The Hall–Kier alpha value is -0.822. The van der Waals surface area contributed by atoms with Crippen LogP contribution in [0.4, 0.5) is 0 Å². The first-order valence-electron chi connectivity index (χ1n) is 6.71. The summed E-state index contributed by atoms with van der Waals surface area (Å²) in [6.07, 6.45) is 15.6. The molecule has 0 saturated carbocycles. The van der Waals surface area contributed by atoms with Crippen LogP contribution in [-0.2, 0) is 74.2 Å². The van der Waals surface area contributed by atoms with Gasteiger partial charge in [-0.15, -0.1) is 6.20 Å². The number of hydrogen-bond acceptors (Lipinski definition) is 8. The molecule has 0 fully saturated rings. The maximum absolute atomic E-state index is 4.67. The van der Waals surface area contributed by atoms with Gasteiger partial charge in [0.1, 0.15) is 12.8 Å². The molecule has 0 aromatic carbocycles. The van der Waals surface area contributed by atoms with E-state index >= 15 is 0 Å². The second-order valence-corrected chi connectivity index (χ2v) is 4.14. The molecule has 28 heavy (non-hydrogen) atoms. The first kappa shape index (κ1) is 34.7. The zero-order valence-corrected chi connectivity index (χ0v) is 21.1. The monoisotopic (exact) mass is 532 g/mol. The molecule has 4 radical (unpaired) electrons. The Kier molecular flexibility index (Phi) is 27.8. The summed E-state index contributed by atoms with van der Waals surface area (Å²) in [5.41, 5.74) is 0.870. The topological polar surface area (TPSA) is 104 Å². The standard InChI is InChI=1S/4C4H4NO.4V/c1-4-2-6-3-5-4;1-4-2-5-3-6-4;2*1-4-5-2-3-6-4;;;;/h2*2H,1H3;3H,1H3;2H,1H3;;;;/q4*-1;;;;. The van der Waals surface area contributed by atoms with E-state index < -0.39 is 0 Å². The van der Waals surface area contributed by atoms with Crippen molar-refractivity contribution in [3.63, 3.8) is 0 Å². The molecule has 0 unspecified atom stereocenters. The summed E-state index contributed by atoms with van der Waals surface area (Å²) in [7, 11) is 0. The van der Waals surface area contributed by atoms with Gasteiger partial charge in [0.2, 0.25) is 0 Å². The molecule has 0 N–H and O–H groups in total. The maximum atomic E-state index is 4.67. The number of aryl methyl sites for hydroxylation is 4. The van der Waals surface area contributed by atoms with Gasteiger partial charge >= 0.3 is 0 Å². The fourth-order valence-electron chi connectivity index (χ4n) is 0.989. The van der Waals surface area contributed by atoms with Gasteiger partial charge in [-0.25, -0.2) is 0 Å². The molecule has 0 amide bonds. The van der Waals surface area contributed by atoms with E-state index in [1.807, 2.05) is 13.8 Å². The van der Waals surface area contributed by atoms with Gasteiger partial charge in [-0.3, -0.25) is 0 Å². The fraction of sp³-hybridized carbons (Fsp3) is 0.250. The molecule has 0 saturated heterocycles. The van der Waals surface area contributed by atoms with Crippen molar-refractivity contribution >= 4 is 0 Å². The molecular weight excluding hydrogens is 516 g/mol. The van der Waals surface area contributed by atoms with E-state index in [2.05, 4.69) is 62.9 Å². The zero-order chi connectivity index (χ0) is 17.6. The Morgan fingerprint density at radius 3 is 1.71 bits per heavy atom. The third kappa shape index (κ3) is 19.9. The van der Waals surface area contributed by atoms with Gasteiger partial charge in [-0.05, 0) is 24.5 Å². The quantitative estimate of drug-likeness (QED) is 0.319. The summed E-state index contributed by atoms with van der Waals surface area (Å²) in [6.45, 7) is 7.22. The van der Waals surface area contributed by atoms with E-state index in [1.54, 1.807) is 26.3 Å². The number of hydrogen-bond donors (Lipinski definition) is 0. The minimum atomic E-state index is 0. The SMILES string of the molecule is Cc1cn[c-]o1.Cc1co[c-]n1.Cc1n[c-]co1.Cc1nc[c-]o1.[V].[V].[V].[V]. The van der Waals surface area contributed by atoms with Crippen molar-refractivity contribution in [1.29, 1.82) is 0 Å². The van der Waals surface area contributed by atoms with Crippen molar-refractivity contribution in [2.24, 2.45) is 0 Å². The number of oxazole rings is 4. The molecule has 4 aromatic heterocycles. The number of rotatable bonds is 0. The van der Waals surface area contributed by atoms with Crippen LogP contribution in [0.1, 0.15) is 23.2 Å². The van der Waals surface area contributed by atoms with Crippen LogP contribution in [0.5, 0.6) is 0 Å². The van der Waals surface area contributed by atoms with Crippen molar-refractivity contribution in [2.45, 2.75) is 27.7 Å². The van der Waals surface area contributed by atoms with Gasteiger partial charge in [-0.2, -0.15) is 0 Å². The molecular formula is C16H16N4O4V4-4. The Balaban J connectivity index is -0.000000131. The first-order valence-corrected chi connectivity index (χ1v) is 6.71. The van der Waals surface area contributed by atoms with Gasteiger partial charge in [0, 0.05) is 86.0 Å². The molecule has 4 rings (SSSR count). The zero-order valence-electron chi connectivity index (χ0n) is 15.5. The molecule has 0 aliphatic rings. The van der Waals surface area contributed by atoms with E-state index in [4.69, 9.17) is 0 Å². The molecule has 12 heteroatoms. The van der Waals surface area contributed by atoms with Crippen LogP contribution in [0.15, 0.2) is 42.6 Å². The largest absolute Gasteiger partial charge is 0.631 e. The van der Waals surface area contributed by atoms with Gasteiger partial charge in [0.05, 0.1) is 0 Å². The number of nitrogens with zero attached hydrogens (tertiary/aromatic N) is 4. The van der Waals surface area contributed by atoms with Crippen molar-refractivity contribution in [3.8, 4) is 0 Å². The van der Waals surface area contributed by atoms with Crippen LogP contribution in [0.3, 0.4) is 0 Å². The molecule has 0 spiro atoms. The van der Waals surface area contributed by atoms with Crippen LogP contribution in [0, 0.1) is 52.9 Å². The first-order chi connectivity index (χ1) is 11.6. The molecule has 4 aromatic rings. The van der Waals surface area contributed by atoms with Crippen LogP contribution >= 0.6 is 0 Å². The predicted molar refractivity (Wildman–Crippen MR) is 80.3 cm³/mol. The Morgan fingerprint density at radius 1 is 0.857 bits per heavy atom. The summed E-state index contributed by atoms with van der Waals surface area (Å²) >= 11 is 0. The predicted octanol–water partition coefficient (Wildman–Crippen LogP) is 3.12. The minimum absolute atomic E-state index is 0. The van der Waals surface area contributed by atoms with Crippen molar-refractivity contribution in [3.05, 3.63) is 73.4 Å². The Morgan fingerprint density at radius 2 is 1.57 bits per heavy atom. The summed E-state index contributed by atoms with van der Waals surface area (Å²) < 4.78 is 18.3. The van der Waals surface area contributed by atoms with Crippen LogP contribution in [-0.4, -0.2) is 19.9 Å². The third-order valence-corrected chi connectivity index (χ3v) is 2.02. The second kappa shape index (κ2) is 22.5. The van der Waals surface area contributed by atoms with Crippen LogP contribution in [0.25, 0.3) is 0 Å². The minimum Gasteiger partial charge on any atom is -0.631 e. The Labute approximate surface area is 211 Å². The summed E-state index contributed by atoms with van der Waals surface area (Å²) in [6, 6.07) is 0. The molecule has 148 valence electrons. The number of aromatic nitrogens is 4. The molecule has 0 aliphatic carbocycles. The maximum Gasteiger partial charge on any atom is 0.102 e. The smallest absolute Gasteiger partial charge is 0.102 e. The van der Waals surface area contributed by atoms with Crippen molar-refractivity contribution < 1.29 is 91.9 Å². The normalized spacial score (nSPS) is 7.57. The average Bonchev–Trinajstić information content (AvgIpc) is 3.31. The van der Waals surface area contributed by atoms with Gasteiger partial charge in [0.25, 0.3) is 0 Å². The van der Waals surface area contributed by atoms with Crippen molar-refractivity contribution in [2.75, 3.05) is 0 Å². The van der Waals surface area contributed by atoms with Gasteiger partial charge in [0.15, 0.2) is 0 Å². The van der Waals surface area contributed by atoms with Crippen LogP contribution in [0.2, 0.25) is 0 Å². The molecule has 0 aliphatic heterocycles. The van der Waals surface area contributed by atoms with Gasteiger partial charge in [-0.1, -0.05) is 45.8 Å². The fourth-order valence-corrected chi connectivity index (χ4v) is 0.989.